The molecule has 1 fully saturated rings. The maximum absolute atomic E-state index is 11.9. The van der Waals surface area contributed by atoms with Gasteiger partial charge < -0.3 is 12.0 Å². The number of carboxylic acid groups (broad SMARTS) is 1. The van der Waals surface area contributed by atoms with E-state index >= 15 is 0 Å². The third kappa shape index (κ3) is 4.83. The van der Waals surface area contributed by atoms with Crippen molar-refractivity contribution in [1.29, 1.82) is 0 Å². The molecule has 1 aliphatic heterocycles. The molecule has 0 unspecified atom stereocenters. The molecule has 1 heterocycles. The summed E-state index contributed by atoms with van der Waals surface area (Å²) in [4.78, 5) is 22.6. The van der Waals surface area contributed by atoms with E-state index in [1.54, 1.807) is 29.3 Å². The predicted molar refractivity (Wildman–Crippen MR) is 78.6 cm³/mol. The summed E-state index contributed by atoms with van der Waals surface area (Å²) in [7, 11) is 0. The van der Waals surface area contributed by atoms with Crippen molar-refractivity contribution >= 4 is 23.0 Å². The quantitative estimate of drug-likeness (QED) is 0.659. The number of aromatic carboxylic acids is 1. The molecule has 0 spiro atoms. The van der Waals surface area contributed by atoms with Gasteiger partial charge >= 0.3 is 5.97 Å². The number of carboxylic acids is 1. The Morgan fingerprint density at radius 1 is 1.33 bits per heavy atom. The molecular weight excluding hydrogens is 460 g/mol. The van der Waals surface area contributed by atoms with Crippen molar-refractivity contribution in [1.82, 2.24) is 10.0 Å². The number of thioether (sulfide) groups is 1. The first-order valence-corrected chi connectivity index (χ1v) is 7.41. The molecule has 0 radical (unpaired) electrons. The van der Waals surface area contributed by atoms with Crippen LogP contribution in [-0.2, 0) is 27.5 Å². The van der Waals surface area contributed by atoms with Crippen molar-refractivity contribution < 1.29 is 35.8 Å². The molecule has 0 atom stereocenters. The molecule has 7 heteroatoms. The first-order chi connectivity index (χ1) is 9.61. The van der Waals surface area contributed by atoms with Gasteiger partial charge in [0.1, 0.15) is 0 Å². The van der Waals surface area contributed by atoms with E-state index in [4.69, 9.17) is 5.11 Å². The second kappa shape index (κ2) is 8.56. The summed E-state index contributed by atoms with van der Waals surface area (Å²) in [5.74, 6) is -0.125. The van der Waals surface area contributed by atoms with Crippen LogP contribution in [0.4, 0.5) is 4.79 Å². The zero-order valence-corrected chi connectivity index (χ0v) is 15.3. The monoisotopic (exact) mass is 477 g/mol. The topological polar surface area (TPSA) is 60.9 Å². The first kappa shape index (κ1) is 18.2. The second-order valence-electron chi connectivity index (χ2n) is 4.44. The zero-order chi connectivity index (χ0) is 14.5. The van der Waals surface area contributed by atoms with Gasteiger partial charge in [0, 0.05) is 39.9 Å². The molecule has 0 bridgehead atoms. The summed E-state index contributed by atoms with van der Waals surface area (Å²) in [5, 5.41) is 12.6. The van der Waals surface area contributed by atoms with Gasteiger partial charge in [-0.15, -0.1) is 6.54 Å². The average molecular weight is 477 g/mol. The van der Waals surface area contributed by atoms with E-state index in [9.17, 15) is 9.59 Å². The van der Waals surface area contributed by atoms with Crippen LogP contribution in [-0.4, -0.2) is 51.7 Å². The van der Waals surface area contributed by atoms with E-state index in [0.717, 1.165) is 17.9 Å². The van der Waals surface area contributed by atoms with Crippen LogP contribution < -0.4 is 0 Å². The number of carbonyl (C=O) groups excluding carboxylic acids is 1. The van der Waals surface area contributed by atoms with Gasteiger partial charge in [-0.1, -0.05) is 23.9 Å². The minimum Gasteiger partial charge on any atom is -0.478 e. The molecule has 0 aliphatic carbocycles. The molecule has 1 amide bonds. The summed E-state index contributed by atoms with van der Waals surface area (Å²) in [6.07, 6.45) is 0.697. The number of rotatable bonds is 5. The standard InChI is InChI=1S/C14H17N2O3S.W/c1-2-15-9-10-20-14(19)16(15)8-7-11-3-5-12(6-4-11)13(17)18;/h3-6H,1-2,7-10H2,(H,17,18);/q-1;. The van der Waals surface area contributed by atoms with Crippen LogP contribution in [0.2, 0.25) is 0 Å². The maximum Gasteiger partial charge on any atom is 0.335 e. The summed E-state index contributed by atoms with van der Waals surface area (Å²) in [6.45, 7) is 5.83. The number of nitrogens with zero attached hydrogens (tertiary/aromatic N) is 2. The van der Waals surface area contributed by atoms with Gasteiger partial charge in [0.25, 0.3) is 5.24 Å². The molecule has 1 N–H and O–H groups in total. The summed E-state index contributed by atoms with van der Waals surface area (Å²) < 4.78 is 0. The molecule has 0 saturated carbocycles. The molecule has 2 rings (SSSR count). The Kier molecular flexibility index (Phi) is 7.43. The van der Waals surface area contributed by atoms with Crippen molar-refractivity contribution in [2.45, 2.75) is 6.42 Å². The number of hydrogen-bond donors (Lipinski definition) is 1. The predicted octanol–water partition coefficient (Wildman–Crippen LogP) is 2.14. The largest absolute Gasteiger partial charge is 0.478 e. The van der Waals surface area contributed by atoms with Crippen LogP contribution in [0.25, 0.3) is 0 Å². The Morgan fingerprint density at radius 3 is 2.57 bits per heavy atom. The smallest absolute Gasteiger partial charge is 0.335 e. The van der Waals surface area contributed by atoms with Crippen LogP contribution in [0, 0.1) is 6.92 Å². The van der Waals surface area contributed by atoms with Crippen LogP contribution in [0.3, 0.4) is 0 Å². The Hall–Kier alpha value is -0.842. The number of benzene rings is 1. The third-order valence-electron chi connectivity index (χ3n) is 3.20. The Balaban J connectivity index is 0.00000220. The number of amides is 1. The van der Waals surface area contributed by atoms with Crippen LogP contribution in [0.1, 0.15) is 15.9 Å². The molecule has 1 aromatic rings. The van der Waals surface area contributed by atoms with Crippen molar-refractivity contribution in [3.05, 3.63) is 42.3 Å². The minimum atomic E-state index is -0.928. The molecule has 1 aliphatic rings. The Labute approximate surface area is 142 Å². The fourth-order valence-corrected chi connectivity index (χ4v) is 2.90. The summed E-state index contributed by atoms with van der Waals surface area (Å²) in [6, 6.07) is 6.76. The van der Waals surface area contributed by atoms with E-state index in [0.29, 0.717) is 19.5 Å². The van der Waals surface area contributed by atoms with Crippen molar-refractivity contribution in [3.8, 4) is 0 Å². The first-order valence-electron chi connectivity index (χ1n) is 6.42. The summed E-state index contributed by atoms with van der Waals surface area (Å²) >= 11 is 1.33. The Bertz CT molecular complexity index is 495. The molecule has 5 nitrogen and oxygen atoms in total. The van der Waals surface area contributed by atoms with Gasteiger partial charge in [0.05, 0.1) is 5.56 Å². The van der Waals surface area contributed by atoms with Crippen molar-refractivity contribution in [2.24, 2.45) is 0 Å². The van der Waals surface area contributed by atoms with E-state index < -0.39 is 5.97 Å². The fourth-order valence-electron chi connectivity index (χ4n) is 2.06. The normalized spacial score (nSPS) is 15.7. The van der Waals surface area contributed by atoms with Gasteiger partial charge in [-0.2, -0.15) is 0 Å². The van der Waals surface area contributed by atoms with Gasteiger partial charge in [0.15, 0.2) is 0 Å². The van der Waals surface area contributed by atoms with E-state index in [-0.39, 0.29) is 31.9 Å². The Morgan fingerprint density at radius 2 is 2.00 bits per heavy atom. The van der Waals surface area contributed by atoms with E-state index in [1.807, 2.05) is 5.01 Å². The minimum absolute atomic E-state index is 0. The van der Waals surface area contributed by atoms with Crippen LogP contribution in [0.15, 0.2) is 24.3 Å². The maximum atomic E-state index is 11.9. The molecule has 1 aromatic carbocycles. The van der Waals surface area contributed by atoms with Crippen molar-refractivity contribution in [2.75, 3.05) is 25.4 Å². The van der Waals surface area contributed by atoms with Gasteiger partial charge in [-0.05, 0) is 24.1 Å². The number of hydrogen-bond acceptors (Lipinski definition) is 4. The molecular formula is C14H17N2O3SW-. The third-order valence-corrected chi connectivity index (χ3v) is 4.04. The van der Waals surface area contributed by atoms with E-state index in [1.165, 1.54) is 11.8 Å². The molecule has 0 aromatic heterocycles. The van der Waals surface area contributed by atoms with Crippen LogP contribution in [0.5, 0.6) is 0 Å². The number of hydrazine groups is 1. The fraction of sp³-hybridized carbons (Fsp3) is 0.357. The average Bonchev–Trinajstić information content (AvgIpc) is 2.46. The van der Waals surface area contributed by atoms with E-state index in [2.05, 4.69) is 6.92 Å². The summed E-state index contributed by atoms with van der Waals surface area (Å²) in [5.41, 5.74) is 1.29. The van der Waals surface area contributed by atoms with Crippen molar-refractivity contribution in [3.63, 3.8) is 0 Å². The van der Waals surface area contributed by atoms with Gasteiger partial charge in [-0.3, -0.25) is 9.80 Å². The zero-order valence-electron chi connectivity index (χ0n) is 11.5. The molecule has 1 saturated heterocycles. The van der Waals surface area contributed by atoms with Gasteiger partial charge in [-0.25, -0.2) is 9.80 Å². The van der Waals surface area contributed by atoms with Gasteiger partial charge in [0.2, 0.25) is 0 Å². The molecule has 114 valence electrons. The second-order valence-corrected chi connectivity index (χ2v) is 5.49. The van der Waals surface area contributed by atoms with Crippen LogP contribution >= 0.6 is 11.8 Å². The SMILES string of the molecule is [CH2-]CN1CCSC(=O)N1CCc1ccc(C(=O)O)cc1.[W]. The number of carbonyl (C=O) groups is 2. The molecule has 21 heavy (non-hydrogen) atoms.